The van der Waals surface area contributed by atoms with Crippen LogP contribution in [0.1, 0.15) is 28.3 Å². The Morgan fingerprint density at radius 1 is 1.06 bits per heavy atom. The molecule has 2 atom stereocenters. The maximum absolute atomic E-state index is 14.7. The van der Waals surface area contributed by atoms with Gasteiger partial charge in [-0.1, -0.05) is 41.9 Å². The molecule has 184 valence electrons. The highest BCUT2D eigenvalue weighted by atomic mass is 35.5. The number of rotatable bonds is 7. The van der Waals surface area contributed by atoms with Crippen LogP contribution in [0.3, 0.4) is 0 Å². The van der Waals surface area contributed by atoms with Gasteiger partial charge in [-0.2, -0.15) is 0 Å². The maximum Gasteiger partial charge on any atom is 0.267 e. The van der Waals surface area contributed by atoms with Crippen molar-refractivity contribution < 1.29 is 26.7 Å². The molecule has 1 fully saturated rings. The summed E-state index contributed by atoms with van der Waals surface area (Å²) < 4.78 is 61.9. The van der Waals surface area contributed by atoms with Gasteiger partial charge in [0.25, 0.3) is 15.9 Å². The van der Waals surface area contributed by atoms with Crippen LogP contribution in [0.4, 0.5) is 8.78 Å². The molecule has 0 aromatic heterocycles. The Labute approximate surface area is 207 Å². The van der Waals surface area contributed by atoms with E-state index in [4.69, 9.17) is 16.3 Å². The monoisotopic (exact) mass is 520 g/mol. The van der Waals surface area contributed by atoms with Gasteiger partial charge in [0.1, 0.15) is 10.7 Å². The number of piperidine rings is 1. The highest BCUT2D eigenvalue weighted by molar-refractivity contribution is 7.90. The molecule has 0 saturated carbocycles. The minimum Gasteiger partial charge on any atom is -0.490 e. The van der Waals surface area contributed by atoms with Crippen LogP contribution in [0.15, 0.2) is 71.6 Å². The standard InChI is InChI=1S/C25H23ClF2N2O4S/c26-19-8-6-16(7-9-19)20-10-11-29-14-18(20)15-34-23-12-22(28)24(13-21(23)27)35(32,33)30-25(31)17-4-2-1-3-5-17/h1-9,12-13,18,20,29H,10-11,14-15H2,(H,30,31)/t18-,20-/m0/s1. The normalized spacial score (nSPS) is 18.1. The summed E-state index contributed by atoms with van der Waals surface area (Å²) in [5, 5.41) is 3.90. The number of amides is 1. The van der Waals surface area contributed by atoms with E-state index < -0.39 is 38.2 Å². The van der Waals surface area contributed by atoms with Gasteiger partial charge in [0.15, 0.2) is 11.6 Å². The lowest BCUT2D eigenvalue weighted by molar-refractivity contribution is 0.0981. The van der Waals surface area contributed by atoms with Crippen LogP contribution >= 0.6 is 11.6 Å². The largest absolute Gasteiger partial charge is 0.490 e. The Morgan fingerprint density at radius 2 is 1.77 bits per heavy atom. The molecule has 1 heterocycles. The van der Waals surface area contributed by atoms with Crippen molar-refractivity contribution in [1.29, 1.82) is 0 Å². The molecular weight excluding hydrogens is 498 g/mol. The summed E-state index contributed by atoms with van der Waals surface area (Å²) >= 11 is 5.98. The third-order valence-corrected chi connectivity index (χ3v) is 7.50. The first-order valence-corrected chi connectivity index (χ1v) is 12.8. The van der Waals surface area contributed by atoms with Gasteiger partial charge in [0.2, 0.25) is 0 Å². The fraction of sp³-hybridized carbons (Fsp3) is 0.240. The third-order valence-electron chi connectivity index (χ3n) is 5.90. The number of halogens is 3. The van der Waals surface area contributed by atoms with Gasteiger partial charge in [-0.3, -0.25) is 4.79 Å². The van der Waals surface area contributed by atoms with E-state index in [1.165, 1.54) is 12.1 Å². The van der Waals surface area contributed by atoms with Gasteiger partial charge in [-0.05, 0) is 48.7 Å². The summed E-state index contributed by atoms with van der Waals surface area (Å²) in [5.74, 6) is -3.54. The Kier molecular flexibility index (Phi) is 7.69. The second-order valence-corrected chi connectivity index (χ2v) is 10.3. The van der Waals surface area contributed by atoms with Crippen LogP contribution in [-0.4, -0.2) is 34.0 Å². The zero-order valence-electron chi connectivity index (χ0n) is 18.5. The number of hydrogen-bond acceptors (Lipinski definition) is 5. The maximum atomic E-state index is 14.7. The number of carbonyl (C=O) groups is 1. The smallest absolute Gasteiger partial charge is 0.267 e. The molecule has 1 aliphatic heterocycles. The van der Waals surface area contributed by atoms with Crippen LogP contribution < -0.4 is 14.8 Å². The molecule has 0 bridgehead atoms. The van der Waals surface area contributed by atoms with Crippen LogP contribution in [0, 0.1) is 17.6 Å². The minimum absolute atomic E-state index is 0.0269. The number of hydrogen-bond donors (Lipinski definition) is 2. The van der Waals surface area contributed by atoms with E-state index in [-0.39, 0.29) is 24.0 Å². The molecule has 0 radical (unpaired) electrons. The SMILES string of the molecule is O=C(NS(=O)(=O)c1cc(F)c(OC[C@@H]2CNCC[C@H]2c2ccc(Cl)cc2)cc1F)c1ccccc1. The van der Waals surface area contributed by atoms with Crippen molar-refractivity contribution in [2.45, 2.75) is 17.2 Å². The molecule has 0 unspecified atom stereocenters. The summed E-state index contributed by atoms with van der Waals surface area (Å²) in [4.78, 5) is 11.2. The molecule has 6 nitrogen and oxygen atoms in total. The van der Waals surface area contributed by atoms with Gasteiger partial charge < -0.3 is 10.1 Å². The van der Waals surface area contributed by atoms with Crippen molar-refractivity contribution in [3.05, 3.63) is 94.5 Å². The second-order valence-electron chi connectivity index (χ2n) is 8.24. The van der Waals surface area contributed by atoms with E-state index in [0.717, 1.165) is 18.5 Å². The first kappa shape index (κ1) is 25.1. The molecule has 2 N–H and O–H groups in total. The van der Waals surface area contributed by atoms with Crippen molar-refractivity contribution in [1.82, 2.24) is 10.0 Å². The second kappa shape index (κ2) is 10.7. The van der Waals surface area contributed by atoms with E-state index in [2.05, 4.69) is 5.32 Å². The zero-order valence-corrected chi connectivity index (χ0v) is 20.1. The zero-order chi connectivity index (χ0) is 25.0. The Hall–Kier alpha value is -3.01. The average molecular weight is 521 g/mol. The van der Waals surface area contributed by atoms with Gasteiger partial charge in [-0.15, -0.1) is 0 Å². The number of sulfonamides is 1. The summed E-state index contributed by atoms with van der Waals surface area (Å²) in [6.45, 7) is 1.52. The molecule has 0 aliphatic carbocycles. The van der Waals surface area contributed by atoms with Crippen molar-refractivity contribution in [3.63, 3.8) is 0 Å². The predicted molar refractivity (Wildman–Crippen MR) is 128 cm³/mol. The van der Waals surface area contributed by atoms with E-state index in [0.29, 0.717) is 23.7 Å². The van der Waals surface area contributed by atoms with Crippen LogP contribution in [0.25, 0.3) is 0 Å². The first-order chi connectivity index (χ1) is 16.7. The molecule has 3 aromatic rings. The topological polar surface area (TPSA) is 84.5 Å². The van der Waals surface area contributed by atoms with Crippen molar-refractivity contribution in [2.75, 3.05) is 19.7 Å². The molecule has 10 heteroatoms. The Bertz CT molecular complexity index is 1310. The van der Waals surface area contributed by atoms with Crippen molar-refractivity contribution in [2.24, 2.45) is 5.92 Å². The highest BCUT2D eigenvalue weighted by Crippen LogP contribution is 2.32. The molecule has 1 saturated heterocycles. The molecule has 35 heavy (non-hydrogen) atoms. The predicted octanol–water partition coefficient (Wildman–Crippen LogP) is 4.51. The number of benzene rings is 3. The van der Waals surface area contributed by atoms with E-state index in [9.17, 15) is 22.0 Å². The quantitative estimate of drug-likeness (QED) is 0.479. The molecular formula is C25H23ClF2N2O4S. The van der Waals surface area contributed by atoms with E-state index in [1.807, 2.05) is 24.3 Å². The van der Waals surface area contributed by atoms with Gasteiger partial charge in [0, 0.05) is 35.2 Å². The first-order valence-electron chi connectivity index (χ1n) is 10.9. The van der Waals surface area contributed by atoms with Crippen LogP contribution in [0.5, 0.6) is 5.75 Å². The van der Waals surface area contributed by atoms with Gasteiger partial charge in [-0.25, -0.2) is 21.9 Å². The van der Waals surface area contributed by atoms with Crippen molar-refractivity contribution in [3.8, 4) is 5.75 Å². The van der Waals surface area contributed by atoms with E-state index >= 15 is 0 Å². The Morgan fingerprint density at radius 3 is 2.49 bits per heavy atom. The van der Waals surface area contributed by atoms with Gasteiger partial charge in [0.05, 0.1) is 6.61 Å². The Balaban J connectivity index is 1.48. The summed E-state index contributed by atoms with van der Waals surface area (Å²) in [5.41, 5.74) is 1.14. The number of carbonyl (C=O) groups excluding carboxylic acids is 1. The molecule has 0 spiro atoms. The lowest BCUT2D eigenvalue weighted by Gasteiger charge is -2.32. The lowest BCUT2D eigenvalue weighted by Crippen LogP contribution is -2.38. The lowest BCUT2D eigenvalue weighted by atomic mass is 9.81. The summed E-state index contributed by atoms with van der Waals surface area (Å²) in [7, 11) is -4.65. The highest BCUT2D eigenvalue weighted by Gasteiger charge is 2.29. The minimum atomic E-state index is -4.65. The molecule has 1 aliphatic rings. The van der Waals surface area contributed by atoms with Crippen LogP contribution in [-0.2, 0) is 10.0 Å². The van der Waals surface area contributed by atoms with E-state index in [1.54, 1.807) is 22.9 Å². The third kappa shape index (κ3) is 5.98. The molecule has 1 amide bonds. The van der Waals surface area contributed by atoms with Gasteiger partial charge >= 0.3 is 0 Å². The fourth-order valence-electron chi connectivity index (χ4n) is 4.10. The number of ether oxygens (including phenoxy) is 1. The molecule has 4 rings (SSSR count). The average Bonchev–Trinajstić information content (AvgIpc) is 2.85. The summed E-state index contributed by atoms with van der Waals surface area (Å²) in [6.07, 6.45) is 0.838. The van der Waals surface area contributed by atoms with Crippen molar-refractivity contribution >= 4 is 27.5 Å². The molecule has 3 aromatic carbocycles. The fourth-order valence-corrected chi connectivity index (χ4v) is 5.27. The number of nitrogens with one attached hydrogen (secondary N) is 2. The summed E-state index contributed by atoms with van der Waals surface area (Å²) in [6, 6.07) is 16.2. The van der Waals surface area contributed by atoms with Crippen LogP contribution in [0.2, 0.25) is 5.02 Å².